The fourth-order valence-corrected chi connectivity index (χ4v) is 2.28. The molecular weight excluding hydrogens is 221 g/mol. The Balaban J connectivity index is 1.89. The molecule has 92 valence electrons. The van der Waals surface area contributed by atoms with Crippen LogP contribution in [0, 0.1) is 11.7 Å². The third kappa shape index (κ3) is 3.19. The van der Waals surface area contributed by atoms with Crippen LogP contribution >= 0.6 is 0 Å². The second-order valence-corrected chi connectivity index (χ2v) is 4.51. The Morgan fingerprint density at radius 3 is 2.76 bits per heavy atom. The minimum absolute atomic E-state index is 0.227. The van der Waals surface area contributed by atoms with E-state index >= 15 is 0 Å². The lowest BCUT2D eigenvalue weighted by Gasteiger charge is -2.18. The lowest BCUT2D eigenvalue weighted by Crippen LogP contribution is -2.19. The minimum atomic E-state index is -0.731. The van der Waals surface area contributed by atoms with Crippen LogP contribution in [0.2, 0.25) is 0 Å². The molecule has 4 heteroatoms. The van der Waals surface area contributed by atoms with Crippen LogP contribution in [0.5, 0.6) is 0 Å². The zero-order valence-corrected chi connectivity index (χ0v) is 9.60. The molecular formula is C13H16FNO2. The van der Waals surface area contributed by atoms with E-state index in [0.717, 1.165) is 31.6 Å². The lowest BCUT2D eigenvalue weighted by atomic mass is 10.0. The number of carbonyl (C=O) groups is 1. The number of halogens is 1. The Morgan fingerprint density at radius 2 is 2.12 bits per heavy atom. The van der Waals surface area contributed by atoms with E-state index in [1.807, 2.05) is 0 Å². The minimum Gasteiger partial charge on any atom is -0.481 e. The molecule has 0 radical (unpaired) electrons. The second-order valence-electron chi connectivity index (χ2n) is 4.51. The van der Waals surface area contributed by atoms with E-state index in [4.69, 9.17) is 5.11 Å². The van der Waals surface area contributed by atoms with Crippen LogP contribution in [-0.4, -0.2) is 24.2 Å². The first-order chi connectivity index (χ1) is 8.15. The molecule has 1 aliphatic heterocycles. The van der Waals surface area contributed by atoms with Gasteiger partial charge < -0.3 is 10.0 Å². The summed E-state index contributed by atoms with van der Waals surface area (Å²) in [6.07, 6.45) is 1.99. The van der Waals surface area contributed by atoms with Crippen molar-refractivity contribution in [3.8, 4) is 0 Å². The van der Waals surface area contributed by atoms with Gasteiger partial charge in [-0.3, -0.25) is 4.79 Å². The van der Waals surface area contributed by atoms with E-state index in [0.29, 0.717) is 5.92 Å². The van der Waals surface area contributed by atoms with Gasteiger partial charge >= 0.3 is 5.97 Å². The topological polar surface area (TPSA) is 40.5 Å². The number of nitrogens with zero attached hydrogens (tertiary/aromatic N) is 1. The van der Waals surface area contributed by atoms with Gasteiger partial charge in [-0.1, -0.05) is 0 Å². The van der Waals surface area contributed by atoms with E-state index in [1.54, 1.807) is 12.1 Å². The van der Waals surface area contributed by atoms with Crippen LogP contribution in [0.4, 0.5) is 10.1 Å². The number of rotatable bonds is 4. The molecule has 0 aromatic heterocycles. The van der Waals surface area contributed by atoms with Gasteiger partial charge in [0.15, 0.2) is 0 Å². The molecule has 2 rings (SSSR count). The van der Waals surface area contributed by atoms with Gasteiger partial charge in [0.2, 0.25) is 0 Å². The Morgan fingerprint density at radius 1 is 1.41 bits per heavy atom. The van der Waals surface area contributed by atoms with E-state index in [-0.39, 0.29) is 12.2 Å². The van der Waals surface area contributed by atoms with Gasteiger partial charge in [-0.15, -0.1) is 0 Å². The number of carboxylic acids is 1. The summed E-state index contributed by atoms with van der Waals surface area (Å²) < 4.78 is 12.8. The summed E-state index contributed by atoms with van der Waals surface area (Å²) in [7, 11) is 0. The smallest absolute Gasteiger partial charge is 0.303 e. The van der Waals surface area contributed by atoms with Gasteiger partial charge in [0.25, 0.3) is 0 Å². The fourth-order valence-electron chi connectivity index (χ4n) is 2.28. The van der Waals surface area contributed by atoms with Crippen LogP contribution in [0.1, 0.15) is 19.3 Å². The van der Waals surface area contributed by atoms with Gasteiger partial charge in [0.1, 0.15) is 5.82 Å². The molecule has 1 saturated heterocycles. The molecule has 0 bridgehead atoms. The average Bonchev–Trinajstić information content (AvgIpc) is 2.76. The highest BCUT2D eigenvalue weighted by Gasteiger charge is 2.22. The van der Waals surface area contributed by atoms with Crippen molar-refractivity contribution < 1.29 is 14.3 Å². The summed E-state index contributed by atoms with van der Waals surface area (Å²) >= 11 is 0. The maximum atomic E-state index is 12.8. The number of hydrogen-bond donors (Lipinski definition) is 1. The lowest BCUT2D eigenvalue weighted by molar-refractivity contribution is -0.137. The summed E-state index contributed by atoms with van der Waals surface area (Å²) in [5.74, 6) is -0.517. The van der Waals surface area contributed by atoms with Crippen LogP contribution < -0.4 is 4.90 Å². The van der Waals surface area contributed by atoms with E-state index in [2.05, 4.69) is 4.90 Å². The standard InChI is InChI=1S/C13H16FNO2/c14-11-2-4-12(5-3-11)15-8-7-10(9-15)1-6-13(16)17/h2-5,10H,1,6-9H2,(H,16,17). The van der Waals surface area contributed by atoms with Crippen LogP contribution in [-0.2, 0) is 4.79 Å². The van der Waals surface area contributed by atoms with E-state index in [1.165, 1.54) is 12.1 Å². The summed E-state index contributed by atoms with van der Waals surface area (Å²) in [5.41, 5.74) is 1.02. The first-order valence-corrected chi connectivity index (χ1v) is 5.87. The molecule has 17 heavy (non-hydrogen) atoms. The van der Waals surface area contributed by atoms with Gasteiger partial charge in [0.05, 0.1) is 0 Å². The summed E-state index contributed by atoms with van der Waals surface area (Å²) in [6, 6.07) is 6.46. The van der Waals surface area contributed by atoms with Crippen LogP contribution in [0.25, 0.3) is 0 Å². The Labute approximate surface area is 99.9 Å². The highest BCUT2D eigenvalue weighted by molar-refractivity contribution is 5.66. The Kier molecular flexibility index (Phi) is 3.61. The number of benzene rings is 1. The summed E-state index contributed by atoms with van der Waals surface area (Å²) in [5, 5.41) is 8.63. The van der Waals surface area contributed by atoms with E-state index in [9.17, 15) is 9.18 Å². The normalized spacial score (nSPS) is 19.6. The van der Waals surface area contributed by atoms with Crippen molar-refractivity contribution in [3.63, 3.8) is 0 Å². The second kappa shape index (κ2) is 5.17. The van der Waals surface area contributed by atoms with Crippen molar-refractivity contribution in [1.82, 2.24) is 0 Å². The van der Waals surface area contributed by atoms with Crippen molar-refractivity contribution in [2.75, 3.05) is 18.0 Å². The zero-order valence-electron chi connectivity index (χ0n) is 9.60. The van der Waals surface area contributed by atoms with Gasteiger partial charge in [-0.2, -0.15) is 0 Å². The predicted octanol–water partition coefficient (Wildman–Crippen LogP) is 2.52. The molecule has 1 heterocycles. The molecule has 1 atom stereocenters. The Bertz CT molecular complexity index is 391. The molecule has 0 saturated carbocycles. The van der Waals surface area contributed by atoms with Crippen molar-refractivity contribution >= 4 is 11.7 Å². The van der Waals surface area contributed by atoms with Crippen LogP contribution in [0.15, 0.2) is 24.3 Å². The maximum absolute atomic E-state index is 12.8. The molecule has 1 unspecified atom stereocenters. The molecule has 0 aliphatic carbocycles. The van der Waals surface area contributed by atoms with Gasteiger partial charge in [-0.05, 0) is 43.0 Å². The molecule has 0 spiro atoms. The van der Waals surface area contributed by atoms with Crippen molar-refractivity contribution in [2.24, 2.45) is 5.92 Å². The quantitative estimate of drug-likeness (QED) is 0.874. The van der Waals surface area contributed by atoms with Gasteiger partial charge in [-0.25, -0.2) is 4.39 Å². The highest BCUT2D eigenvalue weighted by Crippen LogP contribution is 2.26. The molecule has 0 amide bonds. The molecule has 1 fully saturated rings. The SMILES string of the molecule is O=C(O)CCC1CCN(c2ccc(F)cc2)C1. The monoisotopic (exact) mass is 237 g/mol. The fraction of sp³-hybridized carbons (Fsp3) is 0.462. The predicted molar refractivity (Wildman–Crippen MR) is 63.6 cm³/mol. The zero-order chi connectivity index (χ0) is 12.3. The first-order valence-electron chi connectivity index (χ1n) is 5.87. The molecule has 1 aliphatic rings. The summed E-state index contributed by atoms with van der Waals surface area (Å²) in [6.45, 7) is 1.80. The number of anilines is 1. The van der Waals surface area contributed by atoms with Crippen molar-refractivity contribution in [2.45, 2.75) is 19.3 Å². The van der Waals surface area contributed by atoms with Crippen LogP contribution in [0.3, 0.4) is 0 Å². The average molecular weight is 237 g/mol. The molecule has 3 nitrogen and oxygen atoms in total. The first kappa shape index (κ1) is 11.9. The van der Waals surface area contributed by atoms with E-state index < -0.39 is 5.97 Å². The molecule has 1 aromatic rings. The Hall–Kier alpha value is -1.58. The van der Waals surface area contributed by atoms with Crippen molar-refractivity contribution in [3.05, 3.63) is 30.1 Å². The largest absolute Gasteiger partial charge is 0.481 e. The van der Waals surface area contributed by atoms with Crippen molar-refractivity contribution in [1.29, 1.82) is 0 Å². The maximum Gasteiger partial charge on any atom is 0.303 e. The third-order valence-corrected chi connectivity index (χ3v) is 3.24. The third-order valence-electron chi connectivity index (χ3n) is 3.24. The number of carboxylic acid groups (broad SMARTS) is 1. The van der Waals surface area contributed by atoms with Gasteiger partial charge in [0, 0.05) is 25.2 Å². The highest BCUT2D eigenvalue weighted by atomic mass is 19.1. The number of hydrogen-bond acceptors (Lipinski definition) is 2. The molecule has 1 N–H and O–H groups in total. The number of aliphatic carboxylic acids is 1. The molecule has 1 aromatic carbocycles. The summed E-state index contributed by atoms with van der Waals surface area (Å²) in [4.78, 5) is 12.7.